The molecule has 6 nitrogen and oxygen atoms in total. The minimum absolute atomic E-state index is 0.00661. The van der Waals surface area contributed by atoms with Gasteiger partial charge in [-0.3, -0.25) is 9.59 Å². The van der Waals surface area contributed by atoms with E-state index in [4.69, 9.17) is 4.74 Å². The number of nitrogens with one attached hydrogen (secondary N) is 1. The lowest BCUT2D eigenvalue weighted by Gasteiger charge is -2.20. The molecule has 0 aliphatic rings. The maximum atomic E-state index is 12.5. The number of hydrogen-bond donors (Lipinski definition) is 3. The fourth-order valence-corrected chi connectivity index (χ4v) is 11.8. The molecule has 0 saturated heterocycles. The number of unbranched alkanes of at least 4 members (excludes halogenated alkanes) is 54. The summed E-state index contributed by atoms with van der Waals surface area (Å²) in [5, 5.41) is 23.3. The van der Waals surface area contributed by atoms with Crippen LogP contribution in [0.2, 0.25) is 0 Å². The second-order valence-electron chi connectivity index (χ2n) is 26.0. The van der Waals surface area contributed by atoms with Crippen molar-refractivity contribution in [3.8, 4) is 0 Å². The summed E-state index contributed by atoms with van der Waals surface area (Å²) < 4.78 is 5.47. The molecule has 1 amide bonds. The Balaban J connectivity index is 3.40. The molecule has 0 aliphatic heterocycles. The number of aliphatic hydroxyl groups excluding tert-OH is 2. The molecule has 2 atom stereocenters. The van der Waals surface area contributed by atoms with Crippen molar-refractivity contribution < 1.29 is 24.5 Å². The summed E-state index contributed by atoms with van der Waals surface area (Å²) in [5.41, 5.74) is 0. The Morgan fingerprint density at radius 1 is 0.333 bits per heavy atom. The summed E-state index contributed by atoms with van der Waals surface area (Å²) in [5.74, 6) is -0.0554. The van der Waals surface area contributed by atoms with Crippen LogP contribution < -0.4 is 5.32 Å². The molecule has 0 aromatic rings. The summed E-state index contributed by atoms with van der Waals surface area (Å²) in [6.45, 7) is 4.91. The van der Waals surface area contributed by atoms with Gasteiger partial charge in [0.15, 0.2) is 0 Å². The first-order chi connectivity index (χ1) is 41.5. The predicted octanol–water partition coefficient (Wildman–Crippen LogP) is 24.8. The van der Waals surface area contributed by atoms with Gasteiger partial charge < -0.3 is 20.3 Å². The Labute approximate surface area is 525 Å². The molecular weight excluding hydrogens is 1030 g/mol. The molecule has 0 rings (SSSR count). The van der Waals surface area contributed by atoms with Crippen molar-refractivity contribution in [2.75, 3.05) is 13.2 Å². The van der Waals surface area contributed by atoms with Crippen molar-refractivity contribution in [1.82, 2.24) is 5.32 Å². The van der Waals surface area contributed by atoms with Crippen LogP contribution in [0.3, 0.4) is 0 Å². The molecule has 0 heterocycles. The third-order valence-electron chi connectivity index (χ3n) is 17.6. The Bertz CT molecular complexity index is 1400. The van der Waals surface area contributed by atoms with E-state index in [1.165, 1.54) is 334 Å². The topological polar surface area (TPSA) is 95.9 Å². The molecule has 0 aromatic carbocycles. The zero-order valence-corrected chi connectivity index (χ0v) is 56.6. The first-order valence-corrected chi connectivity index (χ1v) is 37.9. The highest BCUT2D eigenvalue weighted by atomic mass is 16.5. The minimum Gasteiger partial charge on any atom is -0.466 e. The normalized spacial score (nSPS) is 12.8. The SMILES string of the molecule is CCCCC/C=C\CCCCCCCC(=O)OCCCCCCCCCCCCC/C=C\C/C=C\CCCCCCCCCCCCCCCCCCCC(=O)NC(CO)C(O)/C=C/CCCCCCCCCCCCCCCCCCCC. The van der Waals surface area contributed by atoms with E-state index in [2.05, 4.69) is 55.6 Å². The van der Waals surface area contributed by atoms with Gasteiger partial charge in [0.2, 0.25) is 5.91 Å². The van der Waals surface area contributed by atoms with Gasteiger partial charge in [0.25, 0.3) is 0 Å². The zero-order chi connectivity index (χ0) is 60.6. The van der Waals surface area contributed by atoms with E-state index in [0.29, 0.717) is 19.4 Å². The molecule has 0 bridgehead atoms. The van der Waals surface area contributed by atoms with Gasteiger partial charge in [-0.05, 0) is 89.9 Å². The average Bonchev–Trinajstić information content (AvgIpc) is 3.52. The molecule has 494 valence electrons. The Hall–Kier alpha value is -2.18. The fraction of sp³-hybridized carbons (Fsp3) is 0.872. The summed E-state index contributed by atoms with van der Waals surface area (Å²) in [6, 6.07) is -0.627. The Kier molecular flexibility index (Phi) is 71.4. The van der Waals surface area contributed by atoms with Crippen molar-refractivity contribution in [3.63, 3.8) is 0 Å². The number of hydrogen-bond acceptors (Lipinski definition) is 5. The lowest BCUT2D eigenvalue weighted by molar-refractivity contribution is -0.143. The molecule has 0 saturated carbocycles. The minimum atomic E-state index is -0.844. The largest absolute Gasteiger partial charge is 0.466 e. The second kappa shape index (κ2) is 73.3. The van der Waals surface area contributed by atoms with Crippen molar-refractivity contribution in [2.45, 2.75) is 424 Å². The summed E-state index contributed by atoms with van der Waals surface area (Å²) in [4.78, 5) is 24.6. The van der Waals surface area contributed by atoms with E-state index in [9.17, 15) is 19.8 Å². The number of carbonyl (C=O) groups excluding carboxylic acids is 2. The molecule has 84 heavy (non-hydrogen) atoms. The second-order valence-corrected chi connectivity index (χ2v) is 26.0. The quantitative estimate of drug-likeness (QED) is 0.0320. The number of allylic oxidation sites excluding steroid dienone is 7. The van der Waals surface area contributed by atoms with E-state index in [1.54, 1.807) is 6.08 Å². The molecule has 6 heteroatoms. The molecule has 0 aromatic heterocycles. The molecule has 0 fully saturated rings. The van der Waals surface area contributed by atoms with Gasteiger partial charge in [-0.1, -0.05) is 358 Å². The van der Waals surface area contributed by atoms with E-state index < -0.39 is 12.1 Å². The molecular formula is C78H147NO5. The number of carbonyl (C=O) groups is 2. The standard InChI is InChI=1S/C78H147NO5/c1-3-5-7-9-11-13-15-17-18-19-20-38-41-44-47-50-54-58-62-66-70-76(81)75(74-80)79-77(82)71-67-63-59-55-51-48-45-42-39-36-34-32-30-28-26-24-22-21-23-25-27-29-31-33-35-37-40-43-46-49-53-57-61-65-69-73-84-78(83)72-68-64-60-56-52-16-14-12-10-8-6-4-2/h12,14,23,25,29,31,66,70,75-76,80-81H,3-11,13,15-22,24,26-28,30,32-65,67-69,71-74H2,1-2H3,(H,79,82)/b14-12-,25-23-,31-29-,70-66+. The first-order valence-electron chi connectivity index (χ1n) is 37.9. The highest BCUT2D eigenvalue weighted by Crippen LogP contribution is 2.19. The van der Waals surface area contributed by atoms with Crippen molar-refractivity contribution in [2.24, 2.45) is 0 Å². The molecule has 0 aliphatic carbocycles. The van der Waals surface area contributed by atoms with Crippen LogP contribution in [0, 0.1) is 0 Å². The van der Waals surface area contributed by atoms with Crippen LogP contribution in [0.5, 0.6) is 0 Å². The van der Waals surface area contributed by atoms with Crippen LogP contribution >= 0.6 is 0 Å². The van der Waals surface area contributed by atoms with Gasteiger partial charge in [0, 0.05) is 12.8 Å². The molecule has 2 unspecified atom stereocenters. The van der Waals surface area contributed by atoms with Gasteiger partial charge in [0.05, 0.1) is 25.4 Å². The fourth-order valence-electron chi connectivity index (χ4n) is 11.8. The van der Waals surface area contributed by atoms with E-state index in [1.807, 2.05) is 6.08 Å². The third-order valence-corrected chi connectivity index (χ3v) is 17.6. The number of rotatable bonds is 71. The molecule has 0 radical (unpaired) electrons. The van der Waals surface area contributed by atoms with Crippen molar-refractivity contribution >= 4 is 11.9 Å². The van der Waals surface area contributed by atoms with Gasteiger partial charge >= 0.3 is 5.97 Å². The highest BCUT2D eigenvalue weighted by molar-refractivity contribution is 5.76. The van der Waals surface area contributed by atoms with E-state index >= 15 is 0 Å². The lowest BCUT2D eigenvalue weighted by Crippen LogP contribution is -2.45. The van der Waals surface area contributed by atoms with Gasteiger partial charge in [-0.25, -0.2) is 0 Å². The molecule has 0 spiro atoms. The van der Waals surface area contributed by atoms with Crippen LogP contribution in [-0.4, -0.2) is 47.4 Å². The maximum absolute atomic E-state index is 12.5. The maximum Gasteiger partial charge on any atom is 0.305 e. The van der Waals surface area contributed by atoms with Crippen LogP contribution in [-0.2, 0) is 14.3 Å². The predicted molar refractivity (Wildman–Crippen MR) is 370 cm³/mol. The number of aliphatic hydroxyl groups is 2. The van der Waals surface area contributed by atoms with Gasteiger partial charge in [0.1, 0.15) is 0 Å². The number of esters is 1. The third kappa shape index (κ3) is 68.9. The van der Waals surface area contributed by atoms with Gasteiger partial charge in [-0.2, -0.15) is 0 Å². The van der Waals surface area contributed by atoms with Crippen molar-refractivity contribution in [3.05, 3.63) is 48.6 Å². The molecule has 3 N–H and O–H groups in total. The summed E-state index contributed by atoms with van der Waals surface area (Å²) in [7, 11) is 0. The lowest BCUT2D eigenvalue weighted by atomic mass is 10.0. The monoisotopic (exact) mass is 1180 g/mol. The number of amides is 1. The Morgan fingerprint density at radius 3 is 0.940 bits per heavy atom. The summed E-state index contributed by atoms with van der Waals surface area (Å²) >= 11 is 0. The Morgan fingerprint density at radius 2 is 0.595 bits per heavy atom. The highest BCUT2D eigenvalue weighted by Gasteiger charge is 2.18. The van der Waals surface area contributed by atoms with Crippen LogP contribution in [0.25, 0.3) is 0 Å². The van der Waals surface area contributed by atoms with Crippen LogP contribution in [0.1, 0.15) is 412 Å². The first kappa shape index (κ1) is 81.8. The number of ether oxygens (including phenoxy) is 1. The van der Waals surface area contributed by atoms with E-state index in [0.717, 1.165) is 51.4 Å². The van der Waals surface area contributed by atoms with Crippen molar-refractivity contribution in [1.29, 1.82) is 0 Å². The van der Waals surface area contributed by atoms with Gasteiger partial charge in [-0.15, -0.1) is 0 Å². The van der Waals surface area contributed by atoms with Crippen LogP contribution in [0.4, 0.5) is 0 Å². The average molecular weight is 1180 g/mol. The van der Waals surface area contributed by atoms with E-state index in [-0.39, 0.29) is 18.5 Å². The smallest absolute Gasteiger partial charge is 0.305 e. The van der Waals surface area contributed by atoms with Crippen LogP contribution in [0.15, 0.2) is 48.6 Å². The summed E-state index contributed by atoms with van der Waals surface area (Å²) in [6.07, 6.45) is 96.5. The zero-order valence-electron chi connectivity index (χ0n) is 56.6.